The van der Waals surface area contributed by atoms with Crippen LogP contribution in [0.4, 0.5) is 14.5 Å². The van der Waals surface area contributed by atoms with E-state index in [1.165, 1.54) is 24.3 Å². The number of halogens is 3. The molecule has 6 nitrogen and oxygen atoms in total. The lowest BCUT2D eigenvalue weighted by atomic mass is 9.69. The summed E-state index contributed by atoms with van der Waals surface area (Å²) in [4.78, 5) is 12.5. The number of anilines is 1. The Kier molecular flexibility index (Phi) is 7.06. The van der Waals surface area contributed by atoms with Gasteiger partial charge in [-0.05, 0) is 73.4 Å². The first-order valence-corrected chi connectivity index (χ1v) is 14.2. The molecule has 10 heteroatoms. The Hall–Kier alpha value is -2.85. The molecule has 0 aliphatic heterocycles. The van der Waals surface area contributed by atoms with Crippen LogP contribution in [0.2, 0.25) is 5.02 Å². The number of hydrogen-bond donors (Lipinski definition) is 3. The summed E-state index contributed by atoms with van der Waals surface area (Å²) >= 11 is 6.29. The summed E-state index contributed by atoms with van der Waals surface area (Å²) in [6.07, 6.45) is 0.307. The van der Waals surface area contributed by atoms with Gasteiger partial charge in [-0.2, -0.15) is 0 Å². The molecule has 0 heterocycles. The van der Waals surface area contributed by atoms with Crippen LogP contribution in [0.1, 0.15) is 47.7 Å². The molecule has 2 aliphatic rings. The van der Waals surface area contributed by atoms with Gasteiger partial charge in [-0.25, -0.2) is 17.2 Å². The fourth-order valence-corrected chi connectivity index (χ4v) is 8.37. The van der Waals surface area contributed by atoms with Crippen molar-refractivity contribution in [2.24, 2.45) is 11.8 Å². The zero-order valence-corrected chi connectivity index (χ0v) is 21.7. The van der Waals surface area contributed by atoms with E-state index < -0.39 is 56.2 Å². The molecule has 0 radical (unpaired) electrons. The Morgan fingerprint density at radius 3 is 2.26 bits per heavy atom. The number of carbonyl (C=O) groups excluding carboxylic acids is 1. The van der Waals surface area contributed by atoms with Gasteiger partial charge in [0, 0.05) is 17.3 Å². The first-order chi connectivity index (χ1) is 18.0. The van der Waals surface area contributed by atoms with Gasteiger partial charge in [0.15, 0.2) is 21.5 Å². The highest BCUT2D eigenvalue weighted by atomic mass is 35.5. The molecule has 0 saturated heterocycles. The van der Waals surface area contributed by atoms with E-state index in [-0.39, 0.29) is 34.0 Å². The lowest BCUT2D eigenvalue weighted by molar-refractivity contribution is -0.144. The van der Waals surface area contributed by atoms with E-state index in [0.717, 1.165) is 12.1 Å². The zero-order valence-electron chi connectivity index (χ0n) is 20.1. The highest BCUT2D eigenvalue weighted by Gasteiger charge is 2.59. The van der Waals surface area contributed by atoms with Crippen molar-refractivity contribution in [3.63, 3.8) is 0 Å². The largest absolute Gasteiger partial charge is 0.386 e. The molecule has 3 aromatic rings. The zero-order chi connectivity index (χ0) is 27.2. The summed E-state index contributed by atoms with van der Waals surface area (Å²) in [6.45, 7) is 0. The highest BCUT2D eigenvalue weighted by molar-refractivity contribution is 7.92. The SMILES string of the molecule is O=C(Nc1ccc(F)c(F)c1)c1ccc(Cl)c(S(=O)(=O)C2C[C@H]3CC[C@@H](C2)C3(O)C(O)c2ccccc2)c1. The number of amides is 1. The maximum atomic E-state index is 13.7. The molecule has 3 aromatic carbocycles. The van der Waals surface area contributed by atoms with Crippen LogP contribution in [0.15, 0.2) is 71.6 Å². The molecule has 0 aromatic heterocycles. The molecule has 0 spiro atoms. The number of benzene rings is 3. The van der Waals surface area contributed by atoms with Crippen molar-refractivity contribution in [1.82, 2.24) is 0 Å². The minimum absolute atomic E-state index is 0.00775. The Balaban J connectivity index is 1.39. The Bertz CT molecular complexity index is 1470. The normalized spacial score (nSPS) is 25.7. The number of aliphatic hydroxyl groups excluding tert-OH is 1. The summed E-state index contributed by atoms with van der Waals surface area (Å²) in [5.74, 6) is -3.78. The van der Waals surface area contributed by atoms with Gasteiger partial charge in [0.1, 0.15) is 11.7 Å². The van der Waals surface area contributed by atoms with Gasteiger partial charge >= 0.3 is 0 Å². The second-order valence-electron chi connectivity index (χ2n) is 10.0. The second-order valence-corrected chi connectivity index (χ2v) is 12.6. The van der Waals surface area contributed by atoms with Crippen LogP contribution in [0, 0.1) is 23.5 Å². The van der Waals surface area contributed by atoms with Crippen molar-refractivity contribution in [3.05, 3.63) is 94.5 Å². The van der Waals surface area contributed by atoms with E-state index in [9.17, 15) is 32.2 Å². The fraction of sp³-hybridized carbons (Fsp3) is 0.321. The Morgan fingerprint density at radius 1 is 0.974 bits per heavy atom. The topological polar surface area (TPSA) is 104 Å². The van der Waals surface area contributed by atoms with Crippen molar-refractivity contribution in [2.75, 3.05) is 5.32 Å². The van der Waals surface area contributed by atoms with Gasteiger partial charge < -0.3 is 15.5 Å². The van der Waals surface area contributed by atoms with Crippen LogP contribution < -0.4 is 5.32 Å². The molecule has 5 rings (SSSR count). The van der Waals surface area contributed by atoms with E-state index >= 15 is 0 Å². The summed E-state index contributed by atoms with van der Waals surface area (Å²) in [7, 11) is -4.01. The van der Waals surface area contributed by atoms with Gasteiger partial charge in [0.25, 0.3) is 5.91 Å². The minimum Gasteiger partial charge on any atom is -0.386 e. The predicted molar refractivity (Wildman–Crippen MR) is 139 cm³/mol. The van der Waals surface area contributed by atoms with Crippen LogP contribution in [0.3, 0.4) is 0 Å². The molecule has 2 fully saturated rings. The predicted octanol–water partition coefficient (Wildman–Crippen LogP) is 5.30. The average Bonchev–Trinajstić information content (AvgIpc) is 3.06. The van der Waals surface area contributed by atoms with Gasteiger partial charge in [0.05, 0.1) is 15.2 Å². The molecule has 5 atom stereocenters. The quantitative estimate of drug-likeness (QED) is 0.379. The number of sulfone groups is 1. The summed E-state index contributed by atoms with van der Waals surface area (Å²) in [6, 6.07) is 15.5. The van der Waals surface area contributed by atoms with Gasteiger partial charge in [-0.15, -0.1) is 0 Å². The Morgan fingerprint density at radius 2 is 1.63 bits per heavy atom. The molecule has 3 N–H and O–H groups in total. The average molecular weight is 562 g/mol. The second kappa shape index (κ2) is 10.0. The van der Waals surface area contributed by atoms with Crippen molar-refractivity contribution < 1.29 is 32.2 Å². The van der Waals surface area contributed by atoms with E-state index in [4.69, 9.17) is 11.6 Å². The molecule has 200 valence electrons. The minimum atomic E-state index is -4.01. The number of rotatable bonds is 6. The van der Waals surface area contributed by atoms with Crippen LogP contribution >= 0.6 is 11.6 Å². The first-order valence-electron chi connectivity index (χ1n) is 12.3. The lowest BCUT2D eigenvalue weighted by Gasteiger charge is -2.45. The van der Waals surface area contributed by atoms with E-state index in [1.54, 1.807) is 24.3 Å². The monoisotopic (exact) mass is 561 g/mol. The molecule has 1 amide bonds. The van der Waals surface area contributed by atoms with E-state index in [2.05, 4.69) is 5.32 Å². The van der Waals surface area contributed by atoms with Crippen molar-refractivity contribution in [3.8, 4) is 0 Å². The third kappa shape index (κ3) is 4.62. The molecule has 3 unspecified atom stereocenters. The van der Waals surface area contributed by atoms with Crippen LogP contribution in [0.25, 0.3) is 0 Å². The third-order valence-corrected chi connectivity index (χ3v) is 10.6. The number of fused-ring (bicyclic) bond motifs is 2. The standard InChI is InChI=1S/C28H26ClF2NO5S/c29-22-10-6-17(27(34)32-20-9-11-23(30)24(31)15-20)12-25(22)38(36,37)21-13-18-7-8-19(14-21)28(18,35)26(33)16-4-2-1-3-5-16/h1-6,9-12,15,18-19,21,26,33,35H,7-8,13-14H2,(H,32,34)/t18-,19+,21?,26?,28?. The third-order valence-electron chi connectivity index (χ3n) is 7.94. The van der Waals surface area contributed by atoms with E-state index in [1.807, 2.05) is 6.07 Å². The van der Waals surface area contributed by atoms with Crippen molar-refractivity contribution in [1.29, 1.82) is 0 Å². The molecule has 2 saturated carbocycles. The summed E-state index contributed by atoms with van der Waals surface area (Å²) in [5.41, 5.74) is -0.875. The lowest BCUT2D eigenvalue weighted by Crippen LogP contribution is -2.52. The van der Waals surface area contributed by atoms with Crippen LogP contribution in [-0.4, -0.2) is 35.4 Å². The Labute approximate surface area is 224 Å². The summed E-state index contributed by atoms with van der Waals surface area (Å²) < 4.78 is 54.2. The fourth-order valence-electron chi connectivity index (χ4n) is 5.96. The van der Waals surface area contributed by atoms with Gasteiger partial charge in [-0.3, -0.25) is 4.79 Å². The van der Waals surface area contributed by atoms with Gasteiger partial charge in [0.2, 0.25) is 0 Å². The van der Waals surface area contributed by atoms with Crippen LogP contribution in [-0.2, 0) is 9.84 Å². The summed E-state index contributed by atoms with van der Waals surface area (Å²) in [5, 5.41) is 24.2. The number of nitrogens with one attached hydrogen (secondary N) is 1. The molecule has 2 aliphatic carbocycles. The highest BCUT2D eigenvalue weighted by Crippen LogP contribution is 2.56. The number of carbonyl (C=O) groups is 1. The molecular weight excluding hydrogens is 536 g/mol. The smallest absolute Gasteiger partial charge is 0.255 e. The molecule has 38 heavy (non-hydrogen) atoms. The molecular formula is C28H26ClF2NO5S. The van der Waals surface area contributed by atoms with Crippen LogP contribution in [0.5, 0.6) is 0 Å². The van der Waals surface area contributed by atoms with Crippen molar-refractivity contribution in [2.45, 2.75) is 47.5 Å². The maximum absolute atomic E-state index is 13.7. The maximum Gasteiger partial charge on any atom is 0.255 e. The molecule has 2 bridgehead atoms. The van der Waals surface area contributed by atoms with Crippen molar-refractivity contribution >= 4 is 33.0 Å². The first kappa shape index (κ1) is 26.7. The number of aliphatic hydroxyl groups is 2. The number of hydrogen-bond acceptors (Lipinski definition) is 5. The van der Waals surface area contributed by atoms with E-state index in [0.29, 0.717) is 18.4 Å². The van der Waals surface area contributed by atoms with Gasteiger partial charge in [-0.1, -0.05) is 41.9 Å².